The number of thiazole rings is 1. The predicted octanol–water partition coefficient (Wildman–Crippen LogP) is 4.28. The van der Waals surface area contributed by atoms with E-state index in [-0.39, 0.29) is 28.9 Å². The van der Waals surface area contributed by atoms with Crippen LogP contribution in [0, 0.1) is 5.82 Å². The molecule has 0 fully saturated rings. The van der Waals surface area contributed by atoms with E-state index in [1.165, 1.54) is 25.3 Å². The van der Waals surface area contributed by atoms with Gasteiger partial charge in [-0.3, -0.25) is 4.31 Å². The molecule has 0 unspecified atom stereocenters. The molecule has 0 saturated heterocycles. The lowest BCUT2D eigenvalue weighted by atomic mass is 10.3. The van der Waals surface area contributed by atoms with Gasteiger partial charge in [0.1, 0.15) is 15.7 Å². The molecule has 3 rings (SSSR count). The molecule has 1 aromatic carbocycles. The minimum Gasteiger partial charge on any atom is -0.414 e. The first-order valence-corrected chi connectivity index (χ1v) is 10.5. The van der Waals surface area contributed by atoms with E-state index in [1.54, 1.807) is 0 Å². The molecule has 13 heteroatoms. The average molecular weight is 453 g/mol. The smallest absolute Gasteiger partial charge is 0.314 e. The first kappa shape index (κ1) is 20.6. The van der Waals surface area contributed by atoms with Crippen LogP contribution in [0.1, 0.15) is 24.2 Å². The van der Waals surface area contributed by atoms with E-state index < -0.39 is 28.2 Å². The molecule has 0 aliphatic rings. The summed E-state index contributed by atoms with van der Waals surface area (Å²) in [5.74, 6) is -1.85. The summed E-state index contributed by atoms with van der Waals surface area (Å²) in [5, 5.41) is 6.88. The molecule has 0 aliphatic carbocycles. The van der Waals surface area contributed by atoms with Crippen molar-refractivity contribution in [3.8, 4) is 10.8 Å². The van der Waals surface area contributed by atoms with Crippen LogP contribution in [-0.4, -0.2) is 29.4 Å². The van der Waals surface area contributed by atoms with Crippen molar-refractivity contribution in [1.29, 1.82) is 0 Å². The molecule has 0 spiro atoms. The minimum absolute atomic E-state index is 0.145. The maximum Gasteiger partial charge on any atom is 0.314 e. The molecule has 2 heterocycles. The number of alkyl halides is 2. The Hall–Kier alpha value is -2.18. The lowest BCUT2D eigenvalue weighted by Gasteiger charge is -2.23. The number of hydrogen-bond donors (Lipinski definition) is 0. The van der Waals surface area contributed by atoms with E-state index in [0.29, 0.717) is 9.88 Å². The molecule has 0 bridgehead atoms. The summed E-state index contributed by atoms with van der Waals surface area (Å²) in [5.41, 5.74) is 0.169. The van der Waals surface area contributed by atoms with E-state index in [2.05, 4.69) is 15.2 Å². The van der Waals surface area contributed by atoms with Crippen molar-refractivity contribution >= 4 is 38.6 Å². The Labute approximate surface area is 166 Å². The van der Waals surface area contributed by atoms with Gasteiger partial charge in [-0.25, -0.2) is 17.8 Å². The van der Waals surface area contributed by atoms with Gasteiger partial charge in [0.05, 0.1) is 29.2 Å². The van der Waals surface area contributed by atoms with Crippen molar-refractivity contribution in [3.63, 3.8) is 0 Å². The quantitative estimate of drug-likeness (QED) is 0.531. The molecule has 7 nitrogen and oxygen atoms in total. The van der Waals surface area contributed by atoms with Gasteiger partial charge in [0.15, 0.2) is 0 Å². The van der Waals surface area contributed by atoms with E-state index in [4.69, 9.17) is 16.0 Å². The Morgan fingerprint density at radius 2 is 2.07 bits per heavy atom. The summed E-state index contributed by atoms with van der Waals surface area (Å²) in [4.78, 5) is 4.40. The van der Waals surface area contributed by atoms with Crippen LogP contribution in [0.25, 0.3) is 10.8 Å². The third-order valence-electron chi connectivity index (χ3n) is 3.56. The van der Waals surface area contributed by atoms with Crippen LogP contribution < -0.4 is 4.31 Å². The fourth-order valence-electron chi connectivity index (χ4n) is 2.17. The van der Waals surface area contributed by atoms with Gasteiger partial charge in [-0.2, -0.15) is 8.78 Å². The molecule has 0 aliphatic heterocycles. The second kappa shape index (κ2) is 8.05. The number of nitrogens with zero attached hydrogens (tertiary/aromatic N) is 4. The summed E-state index contributed by atoms with van der Waals surface area (Å²) in [6.07, 6.45) is -1.58. The summed E-state index contributed by atoms with van der Waals surface area (Å²) in [7, 11) is -3.74. The molecule has 0 N–H and O–H groups in total. The SMILES string of the molecule is CCS(=O)(=O)N(Cc1ncc(-c2nnc(C(F)F)o2)s1)c1ccc(F)c(Cl)c1. The van der Waals surface area contributed by atoms with Gasteiger partial charge in [-0.05, 0) is 25.1 Å². The number of halogens is 4. The average Bonchev–Trinajstić information content (AvgIpc) is 3.31. The van der Waals surface area contributed by atoms with Crippen LogP contribution in [-0.2, 0) is 16.6 Å². The van der Waals surface area contributed by atoms with Crippen LogP contribution >= 0.6 is 22.9 Å². The van der Waals surface area contributed by atoms with Gasteiger partial charge >= 0.3 is 6.43 Å². The number of sulfonamides is 1. The molecule has 0 saturated carbocycles. The fraction of sp³-hybridized carbons (Fsp3) is 0.267. The highest BCUT2D eigenvalue weighted by Crippen LogP contribution is 2.31. The number of benzene rings is 1. The van der Waals surface area contributed by atoms with E-state index >= 15 is 0 Å². The van der Waals surface area contributed by atoms with Crippen molar-refractivity contribution < 1.29 is 26.0 Å². The summed E-state index contributed by atoms with van der Waals surface area (Å²) in [6.45, 7) is 1.30. The first-order chi connectivity index (χ1) is 13.2. The number of rotatable bonds is 7. The molecule has 3 aromatic rings. The Kier molecular flexibility index (Phi) is 5.91. The second-order valence-corrected chi connectivity index (χ2v) is 9.07. The van der Waals surface area contributed by atoms with Crippen LogP contribution in [0.15, 0.2) is 28.8 Å². The monoisotopic (exact) mass is 452 g/mol. The standard InChI is InChI=1S/C15H12ClF3N4O3S2/c1-2-28(24,25)23(8-3-4-10(17)9(16)5-8)7-12-20-6-11(27-12)14-21-22-15(26-14)13(18)19/h3-6,13H,2,7H2,1H3. The van der Waals surface area contributed by atoms with Gasteiger partial charge in [0.25, 0.3) is 11.8 Å². The Bertz CT molecular complexity index is 1090. The number of aromatic nitrogens is 3. The topological polar surface area (TPSA) is 89.2 Å². The number of anilines is 1. The lowest BCUT2D eigenvalue weighted by Crippen LogP contribution is -2.31. The van der Waals surface area contributed by atoms with Gasteiger partial charge in [-0.15, -0.1) is 21.5 Å². The van der Waals surface area contributed by atoms with E-state index in [9.17, 15) is 21.6 Å². The van der Waals surface area contributed by atoms with Gasteiger partial charge in [0, 0.05) is 0 Å². The third-order valence-corrected chi connectivity index (χ3v) is 6.56. The van der Waals surface area contributed by atoms with Crippen molar-refractivity contribution in [3.05, 3.63) is 46.1 Å². The van der Waals surface area contributed by atoms with Crippen LogP contribution in [0.2, 0.25) is 5.02 Å². The highest BCUT2D eigenvalue weighted by molar-refractivity contribution is 7.92. The normalized spacial score (nSPS) is 11.9. The molecule has 0 atom stereocenters. The van der Waals surface area contributed by atoms with Gasteiger partial charge in [-0.1, -0.05) is 11.6 Å². The molecular weight excluding hydrogens is 441 g/mol. The molecule has 0 radical (unpaired) electrons. The zero-order chi connectivity index (χ0) is 20.5. The van der Waals surface area contributed by atoms with Gasteiger partial charge < -0.3 is 4.42 Å². The predicted molar refractivity (Wildman–Crippen MR) is 97.4 cm³/mol. The zero-order valence-corrected chi connectivity index (χ0v) is 16.5. The first-order valence-electron chi connectivity index (χ1n) is 7.73. The van der Waals surface area contributed by atoms with Crippen LogP contribution in [0.5, 0.6) is 0 Å². The van der Waals surface area contributed by atoms with Crippen molar-refractivity contribution in [2.24, 2.45) is 0 Å². The molecule has 150 valence electrons. The van der Waals surface area contributed by atoms with E-state index in [1.807, 2.05) is 0 Å². The Morgan fingerprint density at radius 1 is 1.32 bits per heavy atom. The second-order valence-electron chi connectivity index (χ2n) is 5.37. The van der Waals surface area contributed by atoms with Crippen LogP contribution in [0.3, 0.4) is 0 Å². The van der Waals surface area contributed by atoms with E-state index in [0.717, 1.165) is 21.7 Å². The molecular formula is C15H12ClF3N4O3S2. The zero-order valence-electron chi connectivity index (χ0n) is 14.1. The Morgan fingerprint density at radius 3 is 2.68 bits per heavy atom. The molecule has 0 amide bonds. The molecule has 2 aromatic heterocycles. The van der Waals surface area contributed by atoms with Crippen molar-refractivity contribution in [2.75, 3.05) is 10.1 Å². The van der Waals surface area contributed by atoms with Gasteiger partial charge in [0.2, 0.25) is 10.0 Å². The maximum atomic E-state index is 13.4. The summed E-state index contributed by atoms with van der Waals surface area (Å²) in [6, 6.07) is 3.55. The Balaban J connectivity index is 1.91. The number of hydrogen-bond acceptors (Lipinski definition) is 7. The summed E-state index contributed by atoms with van der Waals surface area (Å²) < 4.78 is 69.5. The fourth-order valence-corrected chi connectivity index (χ4v) is 4.32. The van der Waals surface area contributed by atoms with Crippen molar-refractivity contribution in [2.45, 2.75) is 19.9 Å². The van der Waals surface area contributed by atoms with Crippen LogP contribution in [0.4, 0.5) is 18.9 Å². The highest BCUT2D eigenvalue weighted by atomic mass is 35.5. The lowest BCUT2D eigenvalue weighted by molar-refractivity contribution is 0.116. The largest absolute Gasteiger partial charge is 0.414 e. The maximum absolute atomic E-state index is 13.4. The summed E-state index contributed by atoms with van der Waals surface area (Å²) >= 11 is 6.77. The van der Waals surface area contributed by atoms with Crippen molar-refractivity contribution in [1.82, 2.24) is 15.2 Å². The third kappa shape index (κ3) is 4.28. The highest BCUT2D eigenvalue weighted by Gasteiger charge is 2.24. The minimum atomic E-state index is -3.74. The molecule has 28 heavy (non-hydrogen) atoms.